The zero-order valence-electron chi connectivity index (χ0n) is 17.4. The molecule has 0 atom stereocenters. The van der Waals surface area contributed by atoms with Crippen LogP contribution in [0.2, 0.25) is 0 Å². The number of carbonyl (C=O) groups excluding carboxylic acids is 1. The smallest absolute Gasteiger partial charge is 0.237 e. The molecule has 0 spiro atoms. The van der Waals surface area contributed by atoms with Gasteiger partial charge in [-0.3, -0.25) is 4.79 Å². The first-order chi connectivity index (χ1) is 15.3. The summed E-state index contributed by atoms with van der Waals surface area (Å²) in [7, 11) is 0. The van der Waals surface area contributed by atoms with Crippen molar-refractivity contribution in [3.8, 4) is 0 Å². The van der Waals surface area contributed by atoms with Crippen LogP contribution < -0.4 is 14.7 Å². The van der Waals surface area contributed by atoms with Crippen molar-refractivity contribution >= 4 is 34.9 Å². The maximum absolute atomic E-state index is 12.8. The zero-order valence-corrected chi connectivity index (χ0v) is 18.2. The number of amides is 1. The molecule has 3 heterocycles. The molecule has 31 heavy (non-hydrogen) atoms. The lowest BCUT2D eigenvalue weighted by Crippen LogP contribution is -2.46. The number of hydrogen-bond donors (Lipinski definition) is 0. The Kier molecular flexibility index (Phi) is 5.76. The lowest BCUT2D eigenvalue weighted by Gasteiger charge is -2.36. The lowest BCUT2D eigenvalue weighted by molar-refractivity contribution is -0.116. The average molecular weight is 432 g/mol. The van der Waals surface area contributed by atoms with Crippen LogP contribution in [-0.4, -0.2) is 54.4 Å². The third kappa shape index (κ3) is 4.37. The summed E-state index contributed by atoms with van der Waals surface area (Å²) in [5, 5.41) is 0.844. The van der Waals surface area contributed by atoms with Gasteiger partial charge in [0.1, 0.15) is 17.2 Å². The normalized spacial score (nSPS) is 15.8. The van der Waals surface area contributed by atoms with Crippen LogP contribution in [0.1, 0.15) is 5.56 Å². The first-order valence-electron chi connectivity index (χ1n) is 10.7. The molecule has 0 unspecified atom stereocenters. The van der Waals surface area contributed by atoms with E-state index in [0.717, 1.165) is 55.7 Å². The molecule has 2 aliphatic rings. The van der Waals surface area contributed by atoms with E-state index >= 15 is 0 Å². The molecule has 1 aromatic heterocycles. The van der Waals surface area contributed by atoms with Gasteiger partial charge >= 0.3 is 0 Å². The van der Waals surface area contributed by atoms with Crippen molar-refractivity contribution in [2.75, 3.05) is 53.2 Å². The first kappa shape index (κ1) is 19.9. The highest BCUT2D eigenvalue weighted by Gasteiger charge is 2.24. The van der Waals surface area contributed by atoms with Crippen LogP contribution in [-0.2, 0) is 11.2 Å². The molecular formula is C24H25N5OS. The van der Waals surface area contributed by atoms with E-state index in [2.05, 4.69) is 50.1 Å². The van der Waals surface area contributed by atoms with Gasteiger partial charge in [0.15, 0.2) is 0 Å². The molecule has 0 radical (unpaired) electrons. The summed E-state index contributed by atoms with van der Waals surface area (Å²) in [6.45, 7) is 4.52. The second-order valence-electron chi connectivity index (χ2n) is 7.74. The number of anilines is 3. The highest BCUT2D eigenvalue weighted by molar-refractivity contribution is 7.99. The molecule has 0 aliphatic carbocycles. The van der Waals surface area contributed by atoms with Gasteiger partial charge in [0.2, 0.25) is 5.91 Å². The number of para-hydroxylation sites is 2. The number of hydrogen-bond acceptors (Lipinski definition) is 6. The van der Waals surface area contributed by atoms with Gasteiger partial charge in [0, 0.05) is 50.2 Å². The second-order valence-corrected chi connectivity index (χ2v) is 8.73. The van der Waals surface area contributed by atoms with E-state index in [1.165, 1.54) is 23.0 Å². The predicted molar refractivity (Wildman–Crippen MR) is 126 cm³/mol. The molecule has 1 amide bonds. The van der Waals surface area contributed by atoms with Crippen LogP contribution >= 0.6 is 11.8 Å². The third-order valence-corrected chi connectivity index (χ3v) is 6.79. The van der Waals surface area contributed by atoms with Gasteiger partial charge in [-0.15, -0.1) is 0 Å². The van der Waals surface area contributed by atoms with Gasteiger partial charge in [-0.05, 0) is 30.2 Å². The van der Waals surface area contributed by atoms with Crippen LogP contribution in [0.4, 0.5) is 17.2 Å². The summed E-state index contributed by atoms with van der Waals surface area (Å²) >= 11 is 1.49. The summed E-state index contributed by atoms with van der Waals surface area (Å²) in [5.41, 5.74) is 3.57. The van der Waals surface area contributed by atoms with Crippen molar-refractivity contribution in [3.05, 3.63) is 72.6 Å². The molecule has 158 valence electrons. The Morgan fingerprint density at radius 3 is 2.45 bits per heavy atom. The number of aromatic nitrogens is 2. The molecule has 2 aromatic carbocycles. The van der Waals surface area contributed by atoms with Gasteiger partial charge in [-0.2, -0.15) is 0 Å². The molecular weight excluding hydrogens is 406 g/mol. The summed E-state index contributed by atoms with van der Waals surface area (Å²) in [6.07, 6.45) is 2.54. The topological polar surface area (TPSA) is 52.6 Å². The maximum Gasteiger partial charge on any atom is 0.237 e. The Balaban J connectivity index is 1.18. The van der Waals surface area contributed by atoms with Crippen molar-refractivity contribution in [1.29, 1.82) is 0 Å². The number of rotatable bonds is 5. The molecule has 0 N–H and O–H groups in total. The van der Waals surface area contributed by atoms with Gasteiger partial charge in [0.25, 0.3) is 0 Å². The molecule has 3 aromatic rings. The maximum atomic E-state index is 12.8. The van der Waals surface area contributed by atoms with Gasteiger partial charge < -0.3 is 14.7 Å². The monoisotopic (exact) mass is 431 g/mol. The lowest BCUT2D eigenvalue weighted by atomic mass is 10.2. The van der Waals surface area contributed by atoms with Gasteiger partial charge in [-0.25, -0.2) is 9.97 Å². The first-order valence-corrected chi connectivity index (χ1v) is 11.6. The minimum absolute atomic E-state index is 0.131. The summed E-state index contributed by atoms with van der Waals surface area (Å²) in [4.78, 5) is 28.2. The van der Waals surface area contributed by atoms with Crippen molar-refractivity contribution in [1.82, 2.24) is 9.97 Å². The fraction of sp³-hybridized carbons (Fsp3) is 0.292. The van der Waals surface area contributed by atoms with Crippen LogP contribution in [0.15, 0.2) is 72.0 Å². The Labute approximate surface area is 186 Å². The largest absolute Gasteiger partial charge is 0.368 e. The molecule has 0 bridgehead atoms. The van der Waals surface area contributed by atoms with E-state index in [-0.39, 0.29) is 5.91 Å². The van der Waals surface area contributed by atoms with Crippen LogP contribution in [0, 0.1) is 0 Å². The van der Waals surface area contributed by atoms with Crippen LogP contribution in [0.5, 0.6) is 0 Å². The molecule has 1 fully saturated rings. The number of carbonyl (C=O) groups is 1. The van der Waals surface area contributed by atoms with Crippen molar-refractivity contribution < 1.29 is 4.79 Å². The SMILES string of the molecule is O=C(CSc1cc(N2CCN(c3ccccc3)CC2)ncn1)N1CCc2ccccc21. The van der Waals surface area contributed by atoms with E-state index in [1.54, 1.807) is 6.33 Å². The number of nitrogens with zero attached hydrogens (tertiary/aromatic N) is 5. The Morgan fingerprint density at radius 1 is 0.871 bits per heavy atom. The predicted octanol–water partition coefficient (Wildman–Crippen LogP) is 3.48. The molecule has 6 nitrogen and oxygen atoms in total. The molecule has 5 rings (SSSR count). The fourth-order valence-electron chi connectivity index (χ4n) is 4.23. The number of thioether (sulfide) groups is 1. The van der Waals surface area contributed by atoms with E-state index in [1.807, 2.05) is 35.2 Å². The van der Waals surface area contributed by atoms with Crippen molar-refractivity contribution in [2.45, 2.75) is 11.4 Å². The summed E-state index contributed by atoms with van der Waals surface area (Å²) < 4.78 is 0. The zero-order chi connectivity index (χ0) is 21.0. The van der Waals surface area contributed by atoms with E-state index in [0.29, 0.717) is 5.75 Å². The standard InChI is InChI=1S/C24H25N5OS/c30-24(29-11-10-19-6-4-5-9-21(19)29)17-31-23-16-22(25-18-26-23)28-14-12-27(13-15-28)20-7-2-1-3-8-20/h1-9,16,18H,10-15,17H2. The summed E-state index contributed by atoms with van der Waals surface area (Å²) in [6, 6.07) is 20.7. The number of piperazine rings is 1. The molecule has 1 saturated heterocycles. The molecule has 0 saturated carbocycles. The van der Waals surface area contributed by atoms with Crippen LogP contribution in [0.3, 0.4) is 0 Å². The Hall–Kier alpha value is -3.06. The summed E-state index contributed by atoms with van der Waals surface area (Å²) in [5.74, 6) is 1.45. The molecule has 2 aliphatic heterocycles. The van der Waals surface area contributed by atoms with Crippen molar-refractivity contribution in [3.63, 3.8) is 0 Å². The minimum Gasteiger partial charge on any atom is -0.368 e. The highest BCUT2D eigenvalue weighted by Crippen LogP contribution is 2.29. The van der Waals surface area contributed by atoms with E-state index in [4.69, 9.17) is 0 Å². The van der Waals surface area contributed by atoms with Gasteiger partial charge in [-0.1, -0.05) is 48.2 Å². The second kappa shape index (κ2) is 8.98. The fourth-order valence-corrected chi connectivity index (χ4v) is 4.96. The Bertz CT molecular complexity index is 1050. The third-order valence-electron chi connectivity index (χ3n) is 5.88. The number of fused-ring (bicyclic) bond motifs is 1. The quantitative estimate of drug-likeness (QED) is 0.455. The number of benzene rings is 2. The average Bonchev–Trinajstić information content (AvgIpc) is 3.28. The van der Waals surface area contributed by atoms with Crippen molar-refractivity contribution in [2.24, 2.45) is 0 Å². The molecule has 7 heteroatoms. The minimum atomic E-state index is 0.131. The Morgan fingerprint density at radius 2 is 1.61 bits per heavy atom. The highest BCUT2D eigenvalue weighted by atomic mass is 32.2. The van der Waals surface area contributed by atoms with E-state index in [9.17, 15) is 4.79 Å². The van der Waals surface area contributed by atoms with Crippen LogP contribution in [0.25, 0.3) is 0 Å². The van der Waals surface area contributed by atoms with Gasteiger partial charge in [0.05, 0.1) is 5.75 Å². The van der Waals surface area contributed by atoms with E-state index < -0.39 is 0 Å².